The highest BCUT2D eigenvalue weighted by atomic mass is 16.1. The monoisotopic (exact) mass is 210 g/mol. The lowest BCUT2D eigenvalue weighted by molar-refractivity contribution is -0.119. The Morgan fingerprint density at radius 3 is 2.27 bits per heavy atom. The van der Waals surface area contributed by atoms with Gasteiger partial charge in [0.2, 0.25) is 0 Å². The van der Waals surface area contributed by atoms with Crippen molar-refractivity contribution >= 4 is 11.6 Å². The maximum Gasteiger partial charge on any atom is 0.158 e. The first kappa shape index (κ1) is 14.1. The summed E-state index contributed by atoms with van der Waals surface area (Å²) < 4.78 is 0. The van der Waals surface area contributed by atoms with Crippen LogP contribution < -0.4 is 0 Å². The van der Waals surface area contributed by atoms with Gasteiger partial charge in [-0.1, -0.05) is 32.8 Å². The zero-order valence-electron chi connectivity index (χ0n) is 10.1. The Morgan fingerprint density at radius 2 is 1.80 bits per heavy atom. The van der Waals surface area contributed by atoms with Gasteiger partial charge in [-0.15, -0.1) is 0 Å². The molecule has 0 amide bonds. The summed E-state index contributed by atoms with van der Waals surface area (Å²) in [7, 11) is 0. The van der Waals surface area contributed by atoms with Gasteiger partial charge in [0.25, 0.3) is 0 Å². The number of carbonyl (C=O) groups excluding carboxylic acids is 2. The molecule has 0 spiro atoms. The highest BCUT2D eigenvalue weighted by Crippen LogP contribution is 2.10. The molecule has 0 N–H and O–H groups in total. The molecule has 0 fully saturated rings. The van der Waals surface area contributed by atoms with Crippen LogP contribution in [0.2, 0.25) is 0 Å². The number of hydrogen-bond donors (Lipinski definition) is 0. The largest absolute Gasteiger partial charge is 0.300 e. The van der Waals surface area contributed by atoms with Gasteiger partial charge in [0.15, 0.2) is 5.78 Å². The van der Waals surface area contributed by atoms with Crippen molar-refractivity contribution in [2.24, 2.45) is 0 Å². The summed E-state index contributed by atoms with van der Waals surface area (Å²) in [6.45, 7) is 5.52. The molecule has 0 atom stereocenters. The fourth-order valence-electron chi connectivity index (χ4n) is 1.45. The molecule has 0 aromatic carbocycles. The van der Waals surface area contributed by atoms with Gasteiger partial charge in [0.1, 0.15) is 5.78 Å². The fourth-order valence-corrected chi connectivity index (χ4v) is 1.45. The lowest BCUT2D eigenvalue weighted by Gasteiger charge is -2.02. The Labute approximate surface area is 92.8 Å². The third kappa shape index (κ3) is 7.06. The average molecular weight is 210 g/mol. The smallest absolute Gasteiger partial charge is 0.158 e. The van der Waals surface area contributed by atoms with Crippen LogP contribution >= 0.6 is 0 Å². The number of hydrogen-bond acceptors (Lipinski definition) is 2. The lowest BCUT2D eigenvalue weighted by Crippen LogP contribution is -2.05. The Hall–Kier alpha value is -0.920. The van der Waals surface area contributed by atoms with Gasteiger partial charge in [-0.05, 0) is 25.3 Å². The molecule has 0 heterocycles. The summed E-state index contributed by atoms with van der Waals surface area (Å²) in [4.78, 5) is 22.5. The Kier molecular flexibility index (Phi) is 7.88. The second-order valence-electron chi connectivity index (χ2n) is 3.88. The van der Waals surface area contributed by atoms with Crippen LogP contribution in [0.4, 0.5) is 0 Å². The van der Waals surface area contributed by atoms with Crippen molar-refractivity contribution in [3.63, 3.8) is 0 Å². The fraction of sp³-hybridized carbons (Fsp3) is 0.692. The molecule has 0 aliphatic heterocycles. The minimum Gasteiger partial charge on any atom is -0.300 e. The van der Waals surface area contributed by atoms with Crippen molar-refractivity contribution in [2.45, 2.75) is 59.3 Å². The van der Waals surface area contributed by atoms with E-state index >= 15 is 0 Å². The van der Waals surface area contributed by atoms with Crippen molar-refractivity contribution in [3.05, 3.63) is 11.6 Å². The van der Waals surface area contributed by atoms with Gasteiger partial charge in [0.05, 0.1) is 0 Å². The van der Waals surface area contributed by atoms with E-state index in [-0.39, 0.29) is 11.6 Å². The van der Waals surface area contributed by atoms with E-state index in [0.717, 1.165) is 12.8 Å². The SMILES string of the molecule is CCCCC/C=C(\CC(C)=O)C(=O)CC. The minimum atomic E-state index is 0.0681. The maximum absolute atomic E-state index is 11.5. The van der Waals surface area contributed by atoms with E-state index in [4.69, 9.17) is 0 Å². The molecule has 2 heteroatoms. The van der Waals surface area contributed by atoms with Crippen LogP contribution in [0.3, 0.4) is 0 Å². The Balaban J connectivity index is 4.21. The molecule has 0 bridgehead atoms. The molecule has 0 unspecified atom stereocenters. The number of unbranched alkanes of at least 4 members (excludes halogenated alkanes) is 3. The summed E-state index contributed by atoms with van der Waals surface area (Å²) in [5, 5.41) is 0. The maximum atomic E-state index is 11.5. The lowest BCUT2D eigenvalue weighted by atomic mass is 10.0. The highest BCUT2D eigenvalue weighted by molar-refractivity contribution is 5.99. The van der Waals surface area contributed by atoms with Crippen LogP contribution in [0.25, 0.3) is 0 Å². The van der Waals surface area contributed by atoms with E-state index in [1.165, 1.54) is 19.8 Å². The predicted octanol–water partition coefficient (Wildman–Crippen LogP) is 3.45. The number of ketones is 2. The highest BCUT2D eigenvalue weighted by Gasteiger charge is 2.08. The molecule has 86 valence electrons. The van der Waals surface area contributed by atoms with E-state index in [1.807, 2.05) is 13.0 Å². The summed E-state index contributed by atoms with van der Waals surface area (Å²) in [5.74, 6) is 0.181. The quantitative estimate of drug-likeness (QED) is 0.454. The molecule has 0 aromatic rings. The molecule has 0 aliphatic carbocycles. The molecule has 2 nitrogen and oxygen atoms in total. The molecular formula is C13H22O2. The van der Waals surface area contributed by atoms with Gasteiger partial charge in [-0.3, -0.25) is 9.59 Å². The second-order valence-corrected chi connectivity index (χ2v) is 3.88. The van der Waals surface area contributed by atoms with Crippen LogP contribution in [-0.2, 0) is 9.59 Å². The third-order valence-corrected chi connectivity index (χ3v) is 2.32. The van der Waals surface area contributed by atoms with Crippen molar-refractivity contribution in [3.8, 4) is 0 Å². The van der Waals surface area contributed by atoms with E-state index < -0.39 is 0 Å². The summed E-state index contributed by atoms with van der Waals surface area (Å²) >= 11 is 0. The molecule has 0 aliphatic rings. The van der Waals surface area contributed by atoms with Crippen LogP contribution in [0.1, 0.15) is 59.3 Å². The van der Waals surface area contributed by atoms with Gasteiger partial charge in [0, 0.05) is 12.8 Å². The van der Waals surface area contributed by atoms with E-state index in [1.54, 1.807) is 0 Å². The molecule has 15 heavy (non-hydrogen) atoms. The number of allylic oxidation sites excluding steroid dienone is 2. The van der Waals surface area contributed by atoms with E-state index in [0.29, 0.717) is 18.4 Å². The van der Waals surface area contributed by atoms with E-state index in [9.17, 15) is 9.59 Å². The van der Waals surface area contributed by atoms with Gasteiger partial charge >= 0.3 is 0 Å². The number of rotatable bonds is 8. The van der Waals surface area contributed by atoms with Gasteiger partial charge in [-0.25, -0.2) is 0 Å². The van der Waals surface area contributed by atoms with Crippen molar-refractivity contribution in [1.29, 1.82) is 0 Å². The topological polar surface area (TPSA) is 34.1 Å². The zero-order chi connectivity index (χ0) is 11.7. The molecule has 0 aromatic heterocycles. The Bertz CT molecular complexity index is 239. The van der Waals surface area contributed by atoms with Crippen LogP contribution in [0, 0.1) is 0 Å². The predicted molar refractivity (Wildman–Crippen MR) is 62.8 cm³/mol. The molecule has 0 saturated heterocycles. The standard InChI is InChI=1S/C13H22O2/c1-4-6-7-8-9-12(10-11(3)14)13(15)5-2/h9H,4-8,10H2,1-3H3/b12-9+. The van der Waals surface area contributed by atoms with Crippen molar-refractivity contribution < 1.29 is 9.59 Å². The molecular weight excluding hydrogens is 188 g/mol. The van der Waals surface area contributed by atoms with Crippen LogP contribution in [0.5, 0.6) is 0 Å². The number of Topliss-reactive ketones (excluding diaryl/α,β-unsaturated/α-hetero) is 2. The first-order valence-electron chi connectivity index (χ1n) is 5.83. The zero-order valence-corrected chi connectivity index (χ0v) is 10.1. The van der Waals surface area contributed by atoms with Crippen LogP contribution in [0.15, 0.2) is 11.6 Å². The summed E-state index contributed by atoms with van der Waals surface area (Å²) in [6.07, 6.45) is 7.13. The van der Waals surface area contributed by atoms with Gasteiger partial charge in [-0.2, -0.15) is 0 Å². The minimum absolute atomic E-state index is 0.0681. The third-order valence-electron chi connectivity index (χ3n) is 2.32. The van der Waals surface area contributed by atoms with E-state index in [2.05, 4.69) is 6.92 Å². The first-order chi connectivity index (χ1) is 7.11. The summed E-state index contributed by atoms with van der Waals surface area (Å²) in [6, 6.07) is 0. The normalized spacial score (nSPS) is 11.5. The molecule has 0 saturated carbocycles. The summed E-state index contributed by atoms with van der Waals surface area (Å²) in [5.41, 5.74) is 0.709. The van der Waals surface area contributed by atoms with Crippen LogP contribution in [-0.4, -0.2) is 11.6 Å². The van der Waals surface area contributed by atoms with Crippen molar-refractivity contribution in [2.75, 3.05) is 0 Å². The Morgan fingerprint density at radius 1 is 1.13 bits per heavy atom. The number of carbonyl (C=O) groups is 2. The van der Waals surface area contributed by atoms with Gasteiger partial charge < -0.3 is 0 Å². The van der Waals surface area contributed by atoms with Crippen molar-refractivity contribution in [1.82, 2.24) is 0 Å². The average Bonchev–Trinajstić information content (AvgIpc) is 2.21. The first-order valence-corrected chi connectivity index (χ1v) is 5.83. The molecule has 0 rings (SSSR count). The molecule has 0 radical (unpaired) electrons. The second kappa shape index (κ2) is 8.39.